The highest BCUT2D eigenvalue weighted by molar-refractivity contribution is 5.84. The van der Waals surface area contributed by atoms with Gasteiger partial charge >= 0.3 is 0 Å². The Morgan fingerprint density at radius 2 is 1.92 bits per heavy atom. The van der Waals surface area contributed by atoms with E-state index in [1.165, 1.54) is 5.39 Å². The standard InChI is InChI=1S/C20H22N2O3/c1-24-16-9-7-15(19(11-16)25-2)13-22-20(23)10-8-14-12-21-18-6-4-3-5-17(14)18/h3-7,9,11-12,21H,8,10,13H2,1-2H3,(H,22,23). The van der Waals surface area contributed by atoms with E-state index in [-0.39, 0.29) is 5.91 Å². The molecule has 0 spiro atoms. The van der Waals surface area contributed by atoms with Crippen LogP contribution in [0.3, 0.4) is 0 Å². The lowest BCUT2D eigenvalue weighted by molar-refractivity contribution is -0.121. The number of carbonyl (C=O) groups excluding carboxylic acids is 1. The van der Waals surface area contributed by atoms with Crippen LogP contribution in [0.4, 0.5) is 0 Å². The highest BCUT2D eigenvalue weighted by atomic mass is 16.5. The fraction of sp³-hybridized carbons (Fsp3) is 0.250. The molecule has 1 aromatic heterocycles. The Bertz CT molecular complexity index is 870. The van der Waals surface area contributed by atoms with Crippen LogP contribution in [-0.4, -0.2) is 25.1 Å². The molecule has 0 saturated carbocycles. The molecule has 2 N–H and O–H groups in total. The second-order valence-electron chi connectivity index (χ2n) is 5.81. The van der Waals surface area contributed by atoms with Gasteiger partial charge in [-0.1, -0.05) is 18.2 Å². The predicted octanol–water partition coefficient (Wildman–Crippen LogP) is 3.43. The lowest BCUT2D eigenvalue weighted by Crippen LogP contribution is -2.23. The quantitative estimate of drug-likeness (QED) is 0.694. The van der Waals surface area contributed by atoms with Crippen LogP contribution in [0.5, 0.6) is 11.5 Å². The third kappa shape index (κ3) is 3.94. The number of aromatic amines is 1. The molecule has 0 aliphatic heterocycles. The monoisotopic (exact) mass is 338 g/mol. The van der Waals surface area contributed by atoms with Crippen LogP contribution in [0, 0.1) is 0 Å². The van der Waals surface area contributed by atoms with Gasteiger partial charge in [0.1, 0.15) is 11.5 Å². The molecule has 5 nitrogen and oxygen atoms in total. The highest BCUT2D eigenvalue weighted by Crippen LogP contribution is 2.24. The minimum atomic E-state index is 0.0168. The van der Waals surface area contributed by atoms with Gasteiger partial charge in [0.25, 0.3) is 0 Å². The van der Waals surface area contributed by atoms with Gasteiger partial charge in [-0.3, -0.25) is 4.79 Å². The molecule has 0 fully saturated rings. The van der Waals surface area contributed by atoms with Gasteiger partial charge in [0.15, 0.2) is 0 Å². The fourth-order valence-electron chi connectivity index (χ4n) is 2.87. The Labute approximate surface area is 147 Å². The van der Waals surface area contributed by atoms with Gasteiger partial charge in [0.05, 0.1) is 14.2 Å². The first-order chi connectivity index (χ1) is 12.2. The Kier molecular flexibility index (Phi) is 5.23. The van der Waals surface area contributed by atoms with Crippen LogP contribution < -0.4 is 14.8 Å². The maximum atomic E-state index is 12.2. The number of fused-ring (bicyclic) bond motifs is 1. The van der Waals surface area contributed by atoms with Crippen molar-refractivity contribution in [1.82, 2.24) is 10.3 Å². The molecule has 25 heavy (non-hydrogen) atoms. The number of amides is 1. The molecular weight excluding hydrogens is 316 g/mol. The van der Waals surface area contributed by atoms with Crippen LogP contribution in [0.15, 0.2) is 48.7 Å². The van der Waals surface area contributed by atoms with E-state index in [2.05, 4.69) is 16.4 Å². The SMILES string of the molecule is COc1ccc(CNC(=O)CCc2c[nH]c3ccccc23)c(OC)c1. The first-order valence-electron chi connectivity index (χ1n) is 8.24. The van der Waals surface area contributed by atoms with E-state index in [0.717, 1.165) is 22.4 Å². The number of nitrogens with one attached hydrogen (secondary N) is 2. The van der Waals surface area contributed by atoms with Crippen molar-refractivity contribution < 1.29 is 14.3 Å². The number of H-pyrrole nitrogens is 1. The molecule has 0 radical (unpaired) electrons. The molecule has 1 amide bonds. The Balaban J connectivity index is 1.56. The number of hydrogen-bond donors (Lipinski definition) is 2. The van der Waals surface area contributed by atoms with Gasteiger partial charge in [-0.2, -0.15) is 0 Å². The molecule has 0 aliphatic rings. The Morgan fingerprint density at radius 3 is 2.72 bits per heavy atom. The van der Waals surface area contributed by atoms with Crippen LogP contribution >= 0.6 is 0 Å². The lowest BCUT2D eigenvalue weighted by atomic mass is 10.1. The van der Waals surface area contributed by atoms with Crippen LogP contribution in [-0.2, 0) is 17.8 Å². The van der Waals surface area contributed by atoms with Gasteiger partial charge in [-0.25, -0.2) is 0 Å². The molecule has 1 heterocycles. The van der Waals surface area contributed by atoms with Gasteiger partial charge < -0.3 is 19.8 Å². The number of carbonyl (C=O) groups is 1. The van der Waals surface area contributed by atoms with Crippen molar-refractivity contribution in [3.05, 3.63) is 59.8 Å². The maximum absolute atomic E-state index is 12.2. The van der Waals surface area contributed by atoms with E-state index in [9.17, 15) is 4.79 Å². The summed E-state index contributed by atoms with van der Waals surface area (Å²) >= 11 is 0. The average molecular weight is 338 g/mol. The lowest BCUT2D eigenvalue weighted by Gasteiger charge is -2.11. The summed E-state index contributed by atoms with van der Waals surface area (Å²) < 4.78 is 10.5. The second kappa shape index (κ2) is 7.75. The van der Waals surface area contributed by atoms with E-state index in [1.54, 1.807) is 14.2 Å². The summed E-state index contributed by atoms with van der Waals surface area (Å²) in [4.78, 5) is 15.4. The van der Waals surface area contributed by atoms with Crippen molar-refractivity contribution in [2.45, 2.75) is 19.4 Å². The second-order valence-corrected chi connectivity index (χ2v) is 5.81. The third-order valence-corrected chi connectivity index (χ3v) is 4.27. The molecule has 2 aromatic carbocycles. The molecule has 0 saturated heterocycles. The molecule has 0 bridgehead atoms. The topological polar surface area (TPSA) is 63.3 Å². The molecule has 0 unspecified atom stereocenters. The zero-order chi connectivity index (χ0) is 17.6. The van der Waals surface area contributed by atoms with E-state index >= 15 is 0 Å². The fourth-order valence-corrected chi connectivity index (χ4v) is 2.87. The number of aromatic nitrogens is 1. The van der Waals surface area contributed by atoms with Crippen molar-refractivity contribution in [2.75, 3.05) is 14.2 Å². The summed E-state index contributed by atoms with van der Waals surface area (Å²) in [6.45, 7) is 0.430. The summed E-state index contributed by atoms with van der Waals surface area (Å²) in [5, 5.41) is 4.12. The minimum absolute atomic E-state index is 0.0168. The van der Waals surface area contributed by atoms with Crippen LogP contribution in [0.1, 0.15) is 17.5 Å². The maximum Gasteiger partial charge on any atom is 0.220 e. The Morgan fingerprint density at radius 1 is 1.08 bits per heavy atom. The third-order valence-electron chi connectivity index (χ3n) is 4.27. The average Bonchev–Trinajstić information content (AvgIpc) is 3.07. The van der Waals surface area contributed by atoms with E-state index in [4.69, 9.17) is 9.47 Å². The zero-order valence-electron chi connectivity index (χ0n) is 14.5. The van der Waals surface area contributed by atoms with E-state index in [1.807, 2.05) is 42.6 Å². The molecule has 0 aliphatic carbocycles. The number of methoxy groups -OCH3 is 2. The highest BCUT2D eigenvalue weighted by Gasteiger charge is 2.09. The number of para-hydroxylation sites is 1. The molecule has 3 aromatic rings. The predicted molar refractivity (Wildman–Crippen MR) is 98.0 cm³/mol. The van der Waals surface area contributed by atoms with Crippen LogP contribution in [0.2, 0.25) is 0 Å². The van der Waals surface area contributed by atoms with Gasteiger partial charge in [-0.15, -0.1) is 0 Å². The van der Waals surface area contributed by atoms with Crippen LogP contribution in [0.25, 0.3) is 10.9 Å². The summed E-state index contributed by atoms with van der Waals surface area (Å²) in [6, 6.07) is 13.7. The summed E-state index contributed by atoms with van der Waals surface area (Å²) in [5.41, 5.74) is 3.18. The summed E-state index contributed by atoms with van der Waals surface area (Å²) in [6.07, 6.45) is 3.13. The number of ether oxygens (including phenoxy) is 2. The van der Waals surface area contributed by atoms with Crippen molar-refractivity contribution >= 4 is 16.8 Å². The molecule has 3 rings (SSSR count). The van der Waals surface area contributed by atoms with Gasteiger partial charge in [0.2, 0.25) is 5.91 Å². The molecular formula is C20H22N2O3. The van der Waals surface area contributed by atoms with Crippen molar-refractivity contribution in [3.8, 4) is 11.5 Å². The number of hydrogen-bond acceptors (Lipinski definition) is 3. The largest absolute Gasteiger partial charge is 0.497 e. The smallest absolute Gasteiger partial charge is 0.220 e. The number of rotatable bonds is 7. The number of aryl methyl sites for hydroxylation is 1. The summed E-state index contributed by atoms with van der Waals surface area (Å²) in [5.74, 6) is 1.45. The molecule has 0 atom stereocenters. The zero-order valence-corrected chi connectivity index (χ0v) is 14.5. The molecule has 130 valence electrons. The van der Waals surface area contributed by atoms with Gasteiger partial charge in [-0.05, 0) is 30.2 Å². The first-order valence-corrected chi connectivity index (χ1v) is 8.24. The van der Waals surface area contributed by atoms with E-state index < -0.39 is 0 Å². The van der Waals surface area contributed by atoms with Crippen molar-refractivity contribution in [1.29, 1.82) is 0 Å². The van der Waals surface area contributed by atoms with E-state index in [0.29, 0.717) is 25.1 Å². The van der Waals surface area contributed by atoms with Crippen molar-refractivity contribution in [3.63, 3.8) is 0 Å². The summed E-state index contributed by atoms with van der Waals surface area (Å²) in [7, 11) is 3.22. The molecule has 5 heteroatoms. The minimum Gasteiger partial charge on any atom is -0.497 e. The Hall–Kier alpha value is -2.95. The van der Waals surface area contributed by atoms with Crippen molar-refractivity contribution in [2.24, 2.45) is 0 Å². The number of benzene rings is 2. The first kappa shape index (κ1) is 16.9. The van der Waals surface area contributed by atoms with Gasteiger partial charge in [0, 0.05) is 41.7 Å². The normalized spacial score (nSPS) is 10.6.